The number of primary amides is 1. The van der Waals surface area contributed by atoms with Crippen molar-refractivity contribution < 1.29 is 9.59 Å². The predicted octanol–water partition coefficient (Wildman–Crippen LogP) is 2.60. The molecule has 4 rings (SSSR count). The topological polar surface area (TPSA) is 116 Å². The van der Waals surface area contributed by atoms with E-state index in [0.29, 0.717) is 18.3 Å². The van der Waals surface area contributed by atoms with Crippen LogP contribution in [-0.4, -0.2) is 52.9 Å². The van der Waals surface area contributed by atoms with Gasteiger partial charge in [-0.1, -0.05) is 30.3 Å². The Morgan fingerprint density at radius 1 is 1.00 bits per heavy atom. The zero-order chi connectivity index (χ0) is 23.2. The van der Waals surface area contributed by atoms with Crippen LogP contribution in [0.15, 0.2) is 60.8 Å². The van der Waals surface area contributed by atoms with Crippen molar-refractivity contribution in [1.82, 2.24) is 14.9 Å². The summed E-state index contributed by atoms with van der Waals surface area (Å²) in [4.78, 5) is 36.1. The van der Waals surface area contributed by atoms with Crippen LogP contribution in [0.3, 0.4) is 0 Å². The Bertz CT molecular complexity index is 1110. The maximum Gasteiger partial charge on any atom is 0.254 e. The summed E-state index contributed by atoms with van der Waals surface area (Å²) in [7, 11) is 0. The molecule has 0 aliphatic carbocycles. The Kier molecular flexibility index (Phi) is 6.68. The normalized spacial score (nSPS) is 13.5. The van der Waals surface area contributed by atoms with Crippen LogP contribution >= 0.6 is 0 Å². The molecule has 1 aliphatic heterocycles. The highest BCUT2D eigenvalue weighted by Crippen LogP contribution is 2.22. The fourth-order valence-corrected chi connectivity index (χ4v) is 3.70. The number of nitrogens with one attached hydrogen (secondary N) is 2. The second kappa shape index (κ2) is 9.99. The first-order valence-electron chi connectivity index (χ1n) is 10.8. The van der Waals surface area contributed by atoms with Gasteiger partial charge in [0.1, 0.15) is 5.82 Å². The van der Waals surface area contributed by atoms with E-state index >= 15 is 0 Å². The van der Waals surface area contributed by atoms with Gasteiger partial charge in [0, 0.05) is 57.2 Å². The minimum absolute atomic E-state index is 0.120. The van der Waals surface area contributed by atoms with E-state index in [2.05, 4.69) is 25.5 Å². The number of hydrogen-bond acceptors (Lipinski definition) is 7. The van der Waals surface area contributed by atoms with Crippen LogP contribution in [0.2, 0.25) is 0 Å². The number of nitrogens with two attached hydrogens (primary N) is 1. The molecule has 0 unspecified atom stereocenters. The van der Waals surface area contributed by atoms with Crippen molar-refractivity contribution in [2.24, 2.45) is 5.73 Å². The zero-order valence-corrected chi connectivity index (χ0v) is 18.5. The SMILES string of the molecule is CC(=O)N1CCN(c2ccc(Nc3ncc(C(N)=O)c(NCc4ccccc4)n3)cc2)CC1. The lowest BCUT2D eigenvalue weighted by Crippen LogP contribution is -2.48. The first kappa shape index (κ1) is 22.1. The Balaban J connectivity index is 1.43. The molecule has 1 aliphatic rings. The predicted molar refractivity (Wildman–Crippen MR) is 129 cm³/mol. The number of rotatable bonds is 7. The van der Waals surface area contributed by atoms with Crippen molar-refractivity contribution in [3.8, 4) is 0 Å². The standard InChI is InChI=1S/C24H27N7O2/c1-17(32)30-11-13-31(14-12-30)20-9-7-19(8-10-20)28-24-27-16-21(22(25)33)23(29-24)26-15-18-5-3-2-4-6-18/h2-10,16H,11-15H2,1H3,(H2,25,33)(H2,26,27,28,29). The average Bonchev–Trinajstić information content (AvgIpc) is 2.84. The molecule has 0 spiro atoms. The molecule has 9 heteroatoms. The maximum atomic E-state index is 11.8. The molecular weight excluding hydrogens is 418 g/mol. The fourth-order valence-electron chi connectivity index (χ4n) is 3.70. The molecule has 1 saturated heterocycles. The van der Waals surface area contributed by atoms with Crippen LogP contribution in [0, 0.1) is 0 Å². The third-order valence-electron chi connectivity index (χ3n) is 5.57. The summed E-state index contributed by atoms with van der Waals surface area (Å²) in [6.07, 6.45) is 1.42. The second-order valence-electron chi connectivity index (χ2n) is 7.82. The van der Waals surface area contributed by atoms with Crippen LogP contribution in [0.1, 0.15) is 22.8 Å². The number of anilines is 4. The first-order valence-corrected chi connectivity index (χ1v) is 10.8. The van der Waals surface area contributed by atoms with E-state index in [-0.39, 0.29) is 11.5 Å². The van der Waals surface area contributed by atoms with Crippen LogP contribution in [0.5, 0.6) is 0 Å². The number of piperazine rings is 1. The van der Waals surface area contributed by atoms with E-state index in [1.165, 1.54) is 6.20 Å². The first-order chi connectivity index (χ1) is 16.0. The number of carbonyl (C=O) groups excluding carboxylic acids is 2. The van der Waals surface area contributed by atoms with E-state index in [1.807, 2.05) is 59.5 Å². The van der Waals surface area contributed by atoms with Gasteiger partial charge < -0.3 is 26.2 Å². The minimum atomic E-state index is -0.591. The van der Waals surface area contributed by atoms with Crippen LogP contribution in [0.4, 0.5) is 23.1 Å². The Morgan fingerprint density at radius 2 is 1.70 bits per heavy atom. The molecule has 1 aromatic heterocycles. The molecule has 0 atom stereocenters. The second-order valence-corrected chi connectivity index (χ2v) is 7.82. The molecule has 2 aromatic carbocycles. The van der Waals surface area contributed by atoms with Gasteiger partial charge in [-0.25, -0.2) is 4.98 Å². The van der Waals surface area contributed by atoms with Gasteiger partial charge in [-0.3, -0.25) is 9.59 Å². The zero-order valence-electron chi connectivity index (χ0n) is 18.5. The van der Waals surface area contributed by atoms with Crippen LogP contribution in [0.25, 0.3) is 0 Å². The highest BCUT2D eigenvalue weighted by atomic mass is 16.2. The Hall–Kier alpha value is -4.14. The largest absolute Gasteiger partial charge is 0.368 e. The van der Waals surface area contributed by atoms with Crippen molar-refractivity contribution in [1.29, 1.82) is 0 Å². The lowest BCUT2D eigenvalue weighted by molar-refractivity contribution is -0.129. The lowest BCUT2D eigenvalue weighted by Gasteiger charge is -2.35. The molecule has 0 saturated carbocycles. The number of hydrogen-bond donors (Lipinski definition) is 3. The average molecular weight is 446 g/mol. The van der Waals surface area contributed by atoms with Crippen molar-refractivity contribution in [2.45, 2.75) is 13.5 Å². The highest BCUT2D eigenvalue weighted by Gasteiger charge is 2.18. The van der Waals surface area contributed by atoms with Gasteiger partial charge in [0.2, 0.25) is 11.9 Å². The summed E-state index contributed by atoms with van der Waals surface area (Å²) in [6, 6.07) is 17.8. The number of amides is 2. The van der Waals surface area contributed by atoms with E-state index < -0.39 is 5.91 Å². The van der Waals surface area contributed by atoms with Gasteiger partial charge in [0.25, 0.3) is 5.91 Å². The lowest BCUT2D eigenvalue weighted by atomic mass is 10.2. The number of nitrogens with zero attached hydrogens (tertiary/aromatic N) is 4. The van der Waals surface area contributed by atoms with Crippen LogP contribution < -0.4 is 21.3 Å². The molecule has 0 radical (unpaired) electrons. The highest BCUT2D eigenvalue weighted by molar-refractivity contribution is 5.97. The minimum Gasteiger partial charge on any atom is -0.368 e. The summed E-state index contributed by atoms with van der Waals surface area (Å²) in [5.74, 6) is 0.266. The third kappa shape index (κ3) is 5.57. The van der Waals surface area contributed by atoms with E-state index in [0.717, 1.165) is 43.1 Å². The van der Waals surface area contributed by atoms with E-state index in [9.17, 15) is 9.59 Å². The summed E-state index contributed by atoms with van der Waals surface area (Å²) >= 11 is 0. The van der Waals surface area contributed by atoms with Crippen molar-refractivity contribution >= 4 is 35.0 Å². The maximum absolute atomic E-state index is 11.8. The fraction of sp³-hybridized carbons (Fsp3) is 0.250. The molecular formula is C24H27N7O2. The molecule has 33 heavy (non-hydrogen) atoms. The Morgan fingerprint density at radius 3 is 2.33 bits per heavy atom. The van der Waals surface area contributed by atoms with Gasteiger partial charge in [0.15, 0.2) is 0 Å². The molecule has 0 bridgehead atoms. The monoisotopic (exact) mass is 445 g/mol. The van der Waals surface area contributed by atoms with Crippen LogP contribution in [-0.2, 0) is 11.3 Å². The summed E-state index contributed by atoms with van der Waals surface area (Å²) < 4.78 is 0. The summed E-state index contributed by atoms with van der Waals surface area (Å²) in [6.45, 7) is 5.18. The van der Waals surface area contributed by atoms with Crippen molar-refractivity contribution in [3.63, 3.8) is 0 Å². The third-order valence-corrected chi connectivity index (χ3v) is 5.57. The quantitative estimate of drug-likeness (QED) is 0.512. The van der Waals surface area contributed by atoms with Crippen molar-refractivity contribution in [3.05, 3.63) is 71.9 Å². The molecule has 3 aromatic rings. The van der Waals surface area contributed by atoms with Crippen molar-refractivity contribution in [2.75, 3.05) is 41.7 Å². The van der Waals surface area contributed by atoms with E-state index in [4.69, 9.17) is 5.73 Å². The van der Waals surface area contributed by atoms with Gasteiger partial charge >= 0.3 is 0 Å². The molecule has 2 amide bonds. The number of aromatic nitrogens is 2. The summed E-state index contributed by atoms with van der Waals surface area (Å²) in [5.41, 5.74) is 8.70. The molecule has 2 heterocycles. The van der Waals surface area contributed by atoms with Gasteiger partial charge in [-0.05, 0) is 29.8 Å². The molecule has 4 N–H and O–H groups in total. The number of benzene rings is 2. The smallest absolute Gasteiger partial charge is 0.254 e. The van der Waals surface area contributed by atoms with E-state index in [1.54, 1.807) is 6.92 Å². The molecule has 9 nitrogen and oxygen atoms in total. The number of carbonyl (C=O) groups is 2. The van der Waals surface area contributed by atoms with Gasteiger partial charge in [-0.15, -0.1) is 0 Å². The van der Waals surface area contributed by atoms with Gasteiger partial charge in [-0.2, -0.15) is 4.98 Å². The van der Waals surface area contributed by atoms with Gasteiger partial charge in [0.05, 0.1) is 5.56 Å². The summed E-state index contributed by atoms with van der Waals surface area (Å²) in [5, 5.41) is 6.35. The Labute approximate surface area is 192 Å². The molecule has 170 valence electrons. The molecule has 1 fully saturated rings.